The average molecular weight is 446 g/mol. The van der Waals surface area contributed by atoms with Crippen molar-refractivity contribution in [2.45, 2.75) is 6.92 Å². The number of ether oxygens (including phenoxy) is 1. The van der Waals surface area contributed by atoms with Gasteiger partial charge in [-0.1, -0.05) is 41.9 Å². The van der Waals surface area contributed by atoms with E-state index in [9.17, 15) is 14.9 Å². The molecule has 0 spiro atoms. The predicted octanol–water partition coefficient (Wildman–Crippen LogP) is 5.21. The molecule has 32 heavy (non-hydrogen) atoms. The molecule has 3 rings (SSSR count). The molecule has 0 atom stereocenters. The van der Waals surface area contributed by atoms with Crippen LogP contribution in [0.25, 0.3) is 6.08 Å². The van der Waals surface area contributed by atoms with Crippen molar-refractivity contribution in [3.05, 3.63) is 94.5 Å². The highest BCUT2D eigenvalue weighted by Gasteiger charge is 2.11. The molecule has 160 valence electrons. The van der Waals surface area contributed by atoms with Gasteiger partial charge < -0.3 is 15.4 Å². The Hall–Kier alpha value is -4.08. The zero-order valence-electron chi connectivity index (χ0n) is 17.3. The monoisotopic (exact) mass is 445 g/mol. The summed E-state index contributed by atoms with van der Waals surface area (Å²) in [6, 6.07) is 22.8. The molecular weight excluding hydrogens is 426 g/mol. The standard InChI is InChI=1S/C25H20ClN3O3/c1-17-13-20(26)9-12-23(17)29-25(31)19(15-27)14-18-7-10-22(11-8-18)32-16-24(30)28-21-5-3-2-4-6-21/h2-14H,16H2,1H3,(H,28,30)(H,29,31)/b19-14+. The first kappa shape index (κ1) is 22.6. The van der Waals surface area contributed by atoms with Gasteiger partial charge in [-0.15, -0.1) is 0 Å². The molecule has 0 heterocycles. The quantitative estimate of drug-likeness (QED) is 0.385. The Morgan fingerprint density at radius 2 is 1.75 bits per heavy atom. The zero-order chi connectivity index (χ0) is 22.9. The number of nitrogens with zero attached hydrogens (tertiary/aromatic N) is 1. The number of halogens is 1. The first-order chi connectivity index (χ1) is 15.4. The summed E-state index contributed by atoms with van der Waals surface area (Å²) in [4.78, 5) is 24.4. The van der Waals surface area contributed by atoms with E-state index < -0.39 is 5.91 Å². The van der Waals surface area contributed by atoms with Crippen molar-refractivity contribution in [1.82, 2.24) is 0 Å². The lowest BCUT2D eigenvalue weighted by Gasteiger charge is -2.09. The molecule has 3 aromatic rings. The summed E-state index contributed by atoms with van der Waals surface area (Å²) < 4.78 is 5.49. The van der Waals surface area contributed by atoms with Crippen LogP contribution in [-0.2, 0) is 9.59 Å². The number of benzene rings is 3. The summed E-state index contributed by atoms with van der Waals surface area (Å²) in [7, 11) is 0. The summed E-state index contributed by atoms with van der Waals surface area (Å²) in [5.74, 6) is -0.304. The number of para-hydroxylation sites is 1. The van der Waals surface area contributed by atoms with Crippen LogP contribution >= 0.6 is 11.6 Å². The maximum Gasteiger partial charge on any atom is 0.266 e. The lowest BCUT2D eigenvalue weighted by molar-refractivity contribution is -0.118. The molecule has 0 aliphatic rings. The molecule has 2 amide bonds. The molecule has 0 radical (unpaired) electrons. The Bertz CT molecular complexity index is 1180. The van der Waals surface area contributed by atoms with Gasteiger partial charge >= 0.3 is 0 Å². The van der Waals surface area contributed by atoms with Crippen molar-refractivity contribution < 1.29 is 14.3 Å². The molecule has 6 nitrogen and oxygen atoms in total. The molecule has 0 aliphatic carbocycles. The highest BCUT2D eigenvalue weighted by atomic mass is 35.5. The van der Waals surface area contributed by atoms with E-state index in [1.165, 1.54) is 6.08 Å². The fourth-order valence-corrected chi connectivity index (χ4v) is 3.03. The van der Waals surface area contributed by atoms with E-state index in [0.717, 1.165) is 5.56 Å². The first-order valence-corrected chi connectivity index (χ1v) is 10.1. The molecule has 0 saturated heterocycles. The van der Waals surface area contributed by atoms with Crippen LogP contribution in [0.4, 0.5) is 11.4 Å². The van der Waals surface area contributed by atoms with Crippen molar-refractivity contribution in [3.63, 3.8) is 0 Å². The number of rotatable bonds is 7. The minimum absolute atomic E-state index is 0.0461. The van der Waals surface area contributed by atoms with Gasteiger partial charge in [-0.25, -0.2) is 0 Å². The van der Waals surface area contributed by atoms with Gasteiger partial charge in [-0.05, 0) is 66.6 Å². The third-order valence-corrected chi connectivity index (χ3v) is 4.66. The van der Waals surface area contributed by atoms with Gasteiger partial charge in [0.05, 0.1) is 0 Å². The summed E-state index contributed by atoms with van der Waals surface area (Å²) in [5, 5.41) is 15.4. The molecule has 0 bridgehead atoms. The van der Waals surface area contributed by atoms with Crippen LogP contribution < -0.4 is 15.4 Å². The van der Waals surface area contributed by atoms with Crippen LogP contribution in [-0.4, -0.2) is 18.4 Å². The Labute approximate surface area is 191 Å². The molecule has 3 aromatic carbocycles. The lowest BCUT2D eigenvalue weighted by atomic mass is 10.1. The molecule has 0 saturated carbocycles. The lowest BCUT2D eigenvalue weighted by Crippen LogP contribution is -2.20. The third-order valence-electron chi connectivity index (χ3n) is 4.42. The van der Waals surface area contributed by atoms with E-state index in [4.69, 9.17) is 16.3 Å². The minimum Gasteiger partial charge on any atom is -0.484 e. The highest BCUT2D eigenvalue weighted by molar-refractivity contribution is 6.30. The Balaban J connectivity index is 1.59. The number of aryl methyl sites for hydroxylation is 1. The van der Waals surface area contributed by atoms with Crippen LogP contribution in [0, 0.1) is 18.3 Å². The summed E-state index contributed by atoms with van der Waals surface area (Å²) in [6.07, 6.45) is 1.48. The fourth-order valence-electron chi connectivity index (χ4n) is 2.80. The van der Waals surface area contributed by atoms with Gasteiger partial charge in [0.15, 0.2) is 6.61 Å². The van der Waals surface area contributed by atoms with Crippen molar-refractivity contribution in [2.24, 2.45) is 0 Å². The van der Waals surface area contributed by atoms with Gasteiger partial charge in [0.2, 0.25) is 0 Å². The molecule has 7 heteroatoms. The second kappa shape index (κ2) is 10.8. The Morgan fingerprint density at radius 3 is 2.41 bits per heavy atom. The second-order valence-electron chi connectivity index (χ2n) is 6.86. The number of carbonyl (C=O) groups is 2. The van der Waals surface area contributed by atoms with E-state index >= 15 is 0 Å². The molecular formula is C25H20ClN3O3. The van der Waals surface area contributed by atoms with Crippen molar-refractivity contribution >= 4 is 40.9 Å². The first-order valence-electron chi connectivity index (χ1n) is 9.71. The topological polar surface area (TPSA) is 91.2 Å². The number of nitrogens with one attached hydrogen (secondary N) is 2. The average Bonchev–Trinajstić information content (AvgIpc) is 2.79. The zero-order valence-corrected chi connectivity index (χ0v) is 18.0. The molecule has 0 aliphatic heterocycles. The van der Waals surface area contributed by atoms with Gasteiger partial charge in [-0.3, -0.25) is 9.59 Å². The number of anilines is 2. The molecule has 0 aromatic heterocycles. The Kier molecular flexibility index (Phi) is 7.63. The van der Waals surface area contributed by atoms with Crippen LogP contribution in [0.5, 0.6) is 5.75 Å². The molecule has 0 unspecified atom stereocenters. The number of carbonyl (C=O) groups excluding carboxylic acids is 2. The van der Waals surface area contributed by atoms with E-state index in [0.29, 0.717) is 27.7 Å². The summed E-state index contributed by atoms with van der Waals surface area (Å²) >= 11 is 5.93. The fraction of sp³-hybridized carbons (Fsp3) is 0.0800. The third kappa shape index (κ3) is 6.46. The van der Waals surface area contributed by atoms with Crippen molar-refractivity contribution in [3.8, 4) is 11.8 Å². The molecule has 0 fully saturated rings. The number of nitriles is 1. The maximum atomic E-state index is 12.5. The Morgan fingerprint density at radius 1 is 1.03 bits per heavy atom. The van der Waals surface area contributed by atoms with E-state index in [1.54, 1.807) is 54.6 Å². The summed E-state index contributed by atoms with van der Waals surface area (Å²) in [5.41, 5.74) is 2.66. The maximum absolute atomic E-state index is 12.5. The number of hydrogen-bond donors (Lipinski definition) is 2. The van der Waals surface area contributed by atoms with Gasteiger partial charge in [-0.2, -0.15) is 5.26 Å². The summed E-state index contributed by atoms with van der Waals surface area (Å²) in [6.45, 7) is 1.67. The van der Waals surface area contributed by atoms with E-state index in [2.05, 4.69) is 10.6 Å². The van der Waals surface area contributed by atoms with Crippen LogP contribution in [0.1, 0.15) is 11.1 Å². The van der Waals surface area contributed by atoms with Gasteiger partial charge in [0.1, 0.15) is 17.4 Å². The smallest absolute Gasteiger partial charge is 0.266 e. The largest absolute Gasteiger partial charge is 0.484 e. The van der Waals surface area contributed by atoms with Crippen molar-refractivity contribution in [2.75, 3.05) is 17.2 Å². The highest BCUT2D eigenvalue weighted by Crippen LogP contribution is 2.21. The number of amides is 2. The van der Waals surface area contributed by atoms with Crippen LogP contribution in [0.2, 0.25) is 5.02 Å². The van der Waals surface area contributed by atoms with E-state index in [1.807, 2.05) is 31.2 Å². The molecule has 2 N–H and O–H groups in total. The minimum atomic E-state index is -0.518. The van der Waals surface area contributed by atoms with Crippen LogP contribution in [0.15, 0.2) is 78.4 Å². The second-order valence-corrected chi connectivity index (χ2v) is 7.29. The SMILES string of the molecule is Cc1cc(Cl)ccc1NC(=O)/C(C#N)=C/c1ccc(OCC(=O)Nc2ccccc2)cc1. The normalized spacial score (nSPS) is 10.7. The number of hydrogen-bond acceptors (Lipinski definition) is 4. The van der Waals surface area contributed by atoms with Crippen molar-refractivity contribution in [1.29, 1.82) is 5.26 Å². The van der Waals surface area contributed by atoms with E-state index in [-0.39, 0.29) is 18.1 Å². The van der Waals surface area contributed by atoms with Crippen LogP contribution in [0.3, 0.4) is 0 Å². The predicted molar refractivity (Wildman–Crippen MR) is 125 cm³/mol. The van der Waals surface area contributed by atoms with Gasteiger partial charge in [0.25, 0.3) is 11.8 Å². The van der Waals surface area contributed by atoms with Gasteiger partial charge in [0, 0.05) is 16.4 Å².